The summed E-state index contributed by atoms with van der Waals surface area (Å²) < 4.78 is 38.9. The summed E-state index contributed by atoms with van der Waals surface area (Å²) in [5.74, 6) is 0.683. The molecule has 0 atom stereocenters. The molecular weight excluding hydrogens is 414 g/mol. The topological polar surface area (TPSA) is 76.8 Å². The molecule has 6 nitrogen and oxygen atoms in total. The highest BCUT2D eigenvalue weighted by Gasteiger charge is 2.23. The molecule has 1 heterocycles. The van der Waals surface area contributed by atoms with Crippen LogP contribution in [0.5, 0.6) is 5.75 Å². The molecule has 0 saturated carbocycles. The van der Waals surface area contributed by atoms with Crippen molar-refractivity contribution in [3.8, 4) is 5.75 Å². The number of hydrogen-bond acceptors (Lipinski definition) is 5. The lowest BCUT2D eigenvalue weighted by atomic mass is 10.0. The fraction of sp³-hybridized carbons (Fsp3) is 0.208. The summed E-state index contributed by atoms with van der Waals surface area (Å²) >= 11 is 0. The van der Waals surface area contributed by atoms with Crippen LogP contribution in [0.3, 0.4) is 0 Å². The van der Waals surface area contributed by atoms with Crippen molar-refractivity contribution in [3.63, 3.8) is 0 Å². The maximum atomic E-state index is 13.3. The van der Waals surface area contributed by atoms with Crippen molar-refractivity contribution in [2.24, 2.45) is 0 Å². The Kier molecular flexibility index (Phi) is 5.80. The van der Waals surface area contributed by atoms with Gasteiger partial charge in [0, 0.05) is 30.6 Å². The Morgan fingerprint density at radius 1 is 0.968 bits per heavy atom. The van der Waals surface area contributed by atoms with Crippen LogP contribution in [-0.2, 0) is 16.6 Å². The average Bonchev–Trinajstić information content (AvgIpc) is 2.78. The van der Waals surface area contributed by atoms with Crippen molar-refractivity contribution in [2.45, 2.75) is 24.8 Å². The number of ether oxygens (including phenoxy) is 1. The fourth-order valence-corrected chi connectivity index (χ4v) is 4.70. The van der Waals surface area contributed by atoms with E-state index in [1.165, 1.54) is 28.6 Å². The third kappa shape index (κ3) is 4.19. The largest absolute Gasteiger partial charge is 0.493 e. The molecule has 0 saturated heterocycles. The molecule has 3 aromatic carbocycles. The van der Waals surface area contributed by atoms with Gasteiger partial charge in [-0.25, -0.2) is 13.2 Å². The van der Waals surface area contributed by atoms with Crippen molar-refractivity contribution < 1.29 is 17.6 Å². The summed E-state index contributed by atoms with van der Waals surface area (Å²) in [5, 5.41) is 2.53. The molecule has 0 aliphatic heterocycles. The number of benzene rings is 3. The highest BCUT2D eigenvalue weighted by molar-refractivity contribution is 7.89. The summed E-state index contributed by atoms with van der Waals surface area (Å²) in [7, 11) is -2.24. The molecular formula is C24H23NO5S. The number of rotatable bonds is 7. The maximum Gasteiger partial charge on any atom is 0.336 e. The monoisotopic (exact) mass is 437 g/mol. The second kappa shape index (κ2) is 8.53. The number of nitrogens with zero attached hydrogens (tertiary/aromatic N) is 1. The molecule has 4 aromatic rings. The molecule has 0 radical (unpaired) electrons. The molecule has 31 heavy (non-hydrogen) atoms. The summed E-state index contributed by atoms with van der Waals surface area (Å²) in [5.41, 5.74) is 0.693. The zero-order valence-corrected chi connectivity index (χ0v) is 18.2. The Hall–Kier alpha value is -3.16. The van der Waals surface area contributed by atoms with Crippen LogP contribution in [0.2, 0.25) is 0 Å². The minimum Gasteiger partial charge on any atom is -0.493 e. The van der Waals surface area contributed by atoms with E-state index in [1.54, 1.807) is 13.1 Å². The van der Waals surface area contributed by atoms with Crippen LogP contribution in [-0.4, -0.2) is 26.4 Å². The highest BCUT2D eigenvalue weighted by atomic mass is 32.2. The zero-order valence-electron chi connectivity index (χ0n) is 17.4. The van der Waals surface area contributed by atoms with E-state index in [0.29, 0.717) is 23.3 Å². The molecule has 160 valence electrons. The first kappa shape index (κ1) is 21.1. The van der Waals surface area contributed by atoms with Gasteiger partial charge in [-0.3, -0.25) is 0 Å². The molecule has 0 unspecified atom stereocenters. The van der Waals surface area contributed by atoms with E-state index in [4.69, 9.17) is 9.15 Å². The van der Waals surface area contributed by atoms with E-state index >= 15 is 0 Å². The van der Waals surface area contributed by atoms with Gasteiger partial charge >= 0.3 is 5.63 Å². The molecule has 0 amide bonds. The summed E-state index contributed by atoms with van der Waals surface area (Å²) in [6.45, 7) is 2.74. The van der Waals surface area contributed by atoms with Crippen molar-refractivity contribution in [3.05, 3.63) is 82.7 Å². The number of hydrogen-bond donors (Lipinski definition) is 0. The molecule has 0 aliphatic rings. The lowest BCUT2D eigenvalue weighted by Gasteiger charge is -2.21. The van der Waals surface area contributed by atoms with Crippen LogP contribution in [0.15, 0.2) is 80.8 Å². The van der Waals surface area contributed by atoms with Gasteiger partial charge in [-0.2, -0.15) is 4.31 Å². The van der Waals surface area contributed by atoms with Crippen molar-refractivity contribution >= 4 is 31.8 Å². The minimum absolute atomic E-state index is 0.132. The summed E-state index contributed by atoms with van der Waals surface area (Å²) in [6, 6.07) is 19.0. The van der Waals surface area contributed by atoms with Gasteiger partial charge in [0.05, 0.1) is 11.5 Å². The first-order chi connectivity index (χ1) is 14.9. The Balaban J connectivity index is 1.73. The van der Waals surface area contributed by atoms with Gasteiger partial charge < -0.3 is 9.15 Å². The first-order valence-corrected chi connectivity index (χ1v) is 11.5. The molecule has 0 bridgehead atoms. The van der Waals surface area contributed by atoms with Gasteiger partial charge in [0.15, 0.2) is 0 Å². The van der Waals surface area contributed by atoms with E-state index in [2.05, 4.69) is 0 Å². The van der Waals surface area contributed by atoms with Gasteiger partial charge in [0.1, 0.15) is 11.3 Å². The van der Waals surface area contributed by atoms with Crippen molar-refractivity contribution in [2.75, 3.05) is 13.7 Å². The SMILES string of the molecule is CCCOc1ccc2ccccc2c1CN(C)S(=O)(=O)c1ccc2oc(=O)ccc2c1. The van der Waals surface area contributed by atoms with Crippen LogP contribution >= 0.6 is 0 Å². The van der Waals surface area contributed by atoms with Crippen LogP contribution in [0.4, 0.5) is 0 Å². The number of fused-ring (bicyclic) bond motifs is 2. The Labute approximate surface area is 180 Å². The molecule has 0 spiro atoms. The van der Waals surface area contributed by atoms with Gasteiger partial charge in [-0.15, -0.1) is 0 Å². The quantitative estimate of drug-likeness (QED) is 0.396. The third-order valence-corrected chi connectivity index (χ3v) is 6.94. The Bertz CT molecular complexity index is 1410. The van der Waals surface area contributed by atoms with Crippen molar-refractivity contribution in [1.29, 1.82) is 0 Å². The van der Waals surface area contributed by atoms with Gasteiger partial charge in [0.2, 0.25) is 10.0 Å². The minimum atomic E-state index is -3.79. The lowest BCUT2D eigenvalue weighted by Crippen LogP contribution is -2.27. The summed E-state index contributed by atoms with van der Waals surface area (Å²) in [6.07, 6.45) is 0.855. The average molecular weight is 438 g/mol. The molecule has 0 fully saturated rings. The zero-order chi connectivity index (χ0) is 22.0. The standard InChI is InChI=1S/C24H23NO5S/c1-3-14-29-23-11-8-17-6-4-5-7-20(17)21(23)16-25(2)31(27,28)19-10-12-22-18(15-19)9-13-24(26)30-22/h4-13,15H,3,14,16H2,1-2H3. The summed E-state index contributed by atoms with van der Waals surface area (Å²) in [4.78, 5) is 11.5. The second-order valence-electron chi connectivity index (χ2n) is 7.33. The van der Waals surface area contributed by atoms with Gasteiger partial charge in [-0.1, -0.05) is 37.3 Å². The maximum absolute atomic E-state index is 13.3. The first-order valence-electron chi connectivity index (χ1n) is 10.0. The van der Waals surface area contributed by atoms with Gasteiger partial charge in [-0.05, 0) is 47.5 Å². The second-order valence-corrected chi connectivity index (χ2v) is 9.37. The lowest BCUT2D eigenvalue weighted by molar-refractivity contribution is 0.311. The molecule has 4 rings (SSSR count). The van der Waals surface area contributed by atoms with E-state index in [1.807, 2.05) is 43.3 Å². The Morgan fingerprint density at radius 2 is 1.74 bits per heavy atom. The van der Waals surface area contributed by atoms with E-state index < -0.39 is 15.6 Å². The molecule has 7 heteroatoms. The predicted octanol–water partition coefficient (Wildman–Crippen LogP) is 4.56. The van der Waals surface area contributed by atoms with Crippen LogP contribution in [0.25, 0.3) is 21.7 Å². The highest BCUT2D eigenvalue weighted by Crippen LogP contribution is 2.31. The smallest absolute Gasteiger partial charge is 0.336 e. The predicted molar refractivity (Wildman–Crippen MR) is 121 cm³/mol. The fourth-order valence-electron chi connectivity index (χ4n) is 3.52. The van der Waals surface area contributed by atoms with E-state index in [0.717, 1.165) is 22.8 Å². The molecule has 0 aliphatic carbocycles. The third-order valence-electron chi connectivity index (χ3n) is 5.14. The number of sulfonamides is 1. The van der Waals surface area contributed by atoms with Crippen molar-refractivity contribution in [1.82, 2.24) is 4.31 Å². The Morgan fingerprint density at radius 3 is 2.55 bits per heavy atom. The van der Waals surface area contributed by atoms with Crippen LogP contribution in [0, 0.1) is 0 Å². The van der Waals surface area contributed by atoms with Gasteiger partial charge in [0.25, 0.3) is 0 Å². The molecule has 1 aromatic heterocycles. The van der Waals surface area contributed by atoms with E-state index in [9.17, 15) is 13.2 Å². The molecule has 0 N–H and O–H groups in total. The van der Waals surface area contributed by atoms with Crippen LogP contribution < -0.4 is 10.4 Å². The van der Waals surface area contributed by atoms with Crippen LogP contribution in [0.1, 0.15) is 18.9 Å². The van der Waals surface area contributed by atoms with E-state index in [-0.39, 0.29) is 11.4 Å². The normalized spacial score (nSPS) is 12.0.